The normalized spacial score (nSPS) is 18.3. The van der Waals surface area contributed by atoms with Crippen LogP contribution in [0.2, 0.25) is 0 Å². The van der Waals surface area contributed by atoms with Gasteiger partial charge in [0.1, 0.15) is 5.75 Å². The summed E-state index contributed by atoms with van der Waals surface area (Å²) in [5.74, 6) is 1.22. The average Bonchev–Trinajstić information content (AvgIpc) is 3.21. The lowest BCUT2D eigenvalue weighted by molar-refractivity contribution is -0.0277. The van der Waals surface area contributed by atoms with Gasteiger partial charge in [-0.15, -0.1) is 0 Å². The molecule has 1 saturated carbocycles. The van der Waals surface area contributed by atoms with E-state index in [1.807, 2.05) is 26.2 Å². The predicted molar refractivity (Wildman–Crippen MR) is 113 cm³/mol. The van der Waals surface area contributed by atoms with Gasteiger partial charge < -0.3 is 24.2 Å². The SMILES string of the molecule is CN(C)CC(c1ccc(OC(=O)c2ccc3c(c2)OCO3)cc1)C1(O)CCCCC1. The Kier molecular flexibility index (Phi) is 5.97. The maximum Gasteiger partial charge on any atom is 0.343 e. The monoisotopic (exact) mass is 411 g/mol. The fourth-order valence-corrected chi connectivity index (χ4v) is 4.42. The lowest BCUT2D eigenvalue weighted by Crippen LogP contribution is -2.42. The Morgan fingerprint density at radius 2 is 1.77 bits per heavy atom. The van der Waals surface area contributed by atoms with Gasteiger partial charge in [0.05, 0.1) is 11.2 Å². The molecule has 1 unspecified atom stereocenters. The third kappa shape index (κ3) is 4.45. The number of carbonyl (C=O) groups is 1. The number of hydrogen-bond acceptors (Lipinski definition) is 6. The van der Waals surface area contributed by atoms with Crippen molar-refractivity contribution in [1.29, 1.82) is 0 Å². The van der Waals surface area contributed by atoms with Crippen molar-refractivity contribution in [2.24, 2.45) is 0 Å². The molecule has 2 aromatic carbocycles. The number of fused-ring (bicyclic) bond motifs is 1. The Morgan fingerprint density at radius 1 is 1.07 bits per heavy atom. The number of aliphatic hydroxyl groups is 1. The van der Waals surface area contributed by atoms with Gasteiger partial charge in [-0.2, -0.15) is 0 Å². The van der Waals surface area contributed by atoms with Crippen molar-refractivity contribution in [2.75, 3.05) is 27.4 Å². The molecule has 0 spiro atoms. The van der Waals surface area contributed by atoms with Gasteiger partial charge in [-0.05, 0) is 62.8 Å². The molecule has 1 aliphatic heterocycles. The van der Waals surface area contributed by atoms with Gasteiger partial charge in [-0.1, -0.05) is 31.4 Å². The van der Waals surface area contributed by atoms with Gasteiger partial charge in [0.25, 0.3) is 0 Å². The van der Waals surface area contributed by atoms with Crippen molar-refractivity contribution < 1.29 is 24.1 Å². The minimum Gasteiger partial charge on any atom is -0.454 e. The third-order valence-electron chi connectivity index (χ3n) is 6.02. The molecule has 4 rings (SSSR count). The van der Waals surface area contributed by atoms with Crippen LogP contribution in [0.4, 0.5) is 0 Å². The summed E-state index contributed by atoms with van der Waals surface area (Å²) in [6, 6.07) is 12.5. The standard InChI is InChI=1S/C24H29NO5/c1-25(2)15-20(24(27)12-4-3-5-13-24)17-6-9-19(10-7-17)30-23(26)18-8-11-21-22(14-18)29-16-28-21/h6-11,14,20,27H,3-5,12-13,15-16H2,1-2H3. The first-order chi connectivity index (χ1) is 14.4. The number of likely N-dealkylation sites (N-methyl/N-ethyl adjacent to an activating group) is 1. The number of hydrogen-bond donors (Lipinski definition) is 1. The van der Waals surface area contributed by atoms with E-state index in [1.165, 1.54) is 6.42 Å². The van der Waals surface area contributed by atoms with Crippen LogP contribution in [0.3, 0.4) is 0 Å². The van der Waals surface area contributed by atoms with Crippen LogP contribution in [-0.4, -0.2) is 49.0 Å². The van der Waals surface area contributed by atoms with E-state index in [-0.39, 0.29) is 12.7 Å². The third-order valence-corrected chi connectivity index (χ3v) is 6.02. The Balaban J connectivity index is 1.48. The van der Waals surface area contributed by atoms with Crippen molar-refractivity contribution in [3.63, 3.8) is 0 Å². The van der Waals surface area contributed by atoms with E-state index in [0.29, 0.717) is 22.8 Å². The summed E-state index contributed by atoms with van der Waals surface area (Å²) in [7, 11) is 4.06. The zero-order valence-corrected chi connectivity index (χ0v) is 17.6. The van der Waals surface area contributed by atoms with Crippen molar-refractivity contribution in [2.45, 2.75) is 43.6 Å². The van der Waals surface area contributed by atoms with Crippen LogP contribution in [0, 0.1) is 0 Å². The van der Waals surface area contributed by atoms with Crippen LogP contribution in [-0.2, 0) is 0 Å². The molecular formula is C24H29NO5. The molecule has 30 heavy (non-hydrogen) atoms. The van der Waals surface area contributed by atoms with E-state index in [9.17, 15) is 9.90 Å². The summed E-state index contributed by atoms with van der Waals surface area (Å²) in [6.45, 7) is 0.933. The number of carbonyl (C=O) groups excluding carboxylic acids is 1. The highest BCUT2D eigenvalue weighted by Crippen LogP contribution is 2.40. The van der Waals surface area contributed by atoms with Crippen molar-refractivity contribution >= 4 is 5.97 Å². The second kappa shape index (κ2) is 8.66. The molecule has 0 bridgehead atoms. The van der Waals surface area contributed by atoms with Gasteiger partial charge in [0.15, 0.2) is 11.5 Å². The van der Waals surface area contributed by atoms with E-state index in [0.717, 1.165) is 37.8 Å². The highest BCUT2D eigenvalue weighted by molar-refractivity contribution is 5.91. The Bertz CT molecular complexity index is 887. The minimum absolute atomic E-state index is 0.0198. The first-order valence-corrected chi connectivity index (χ1v) is 10.5. The van der Waals surface area contributed by atoms with Gasteiger partial charge >= 0.3 is 5.97 Å². The van der Waals surface area contributed by atoms with Crippen molar-refractivity contribution in [1.82, 2.24) is 4.90 Å². The van der Waals surface area contributed by atoms with Crippen LogP contribution in [0.15, 0.2) is 42.5 Å². The molecule has 0 aromatic heterocycles. The topological polar surface area (TPSA) is 68.2 Å². The highest BCUT2D eigenvalue weighted by Gasteiger charge is 2.38. The predicted octanol–water partition coefficient (Wildman–Crippen LogP) is 3.97. The number of esters is 1. The molecule has 1 fully saturated rings. The summed E-state index contributed by atoms with van der Waals surface area (Å²) < 4.78 is 16.1. The zero-order valence-electron chi connectivity index (χ0n) is 17.6. The number of nitrogens with zero attached hydrogens (tertiary/aromatic N) is 1. The van der Waals surface area contributed by atoms with Crippen molar-refractivity contribution in [3.8, 4) is 17.2 Å². The molecule has 2 aromatic rings. The van der Waals surface area contributed by atoms with E-state index >= 15 is 0 Å². The lowest BCUT2D eigenvalue weighted by Gasteiger charge is -2.40. The maximum absolute atomic E-state index is 12.5. The number of benzene rings is 2. The summed E-state index contributed by atoms with van der Waals surface area (Å²) in [5.41, 5.74) is 0.786. The fraction of sp³-hybridized carbons (Fsp3) is 0.458. The largest absolute Gasteiger partial charge is 0.454 e. The number of rotatable bonds is 6. The first-order valence-electron chi connectivity index (χ1n) is 10.5. The molecule has 1 aliphatic carbocycles. The smallest absolute Gasteiger partial charge is 0.343 e. The van der Waals surface area contributed by atoms with Crippen LogP contribution in [0.5, 0.6) is 17.2 Å². The molecule has 1 atom stereocenters. The summed E-state index contributed by atoms with van der Waals surface area (Å²) in [5, 5.41) is 11.3. The van der Waals surface area contributed by atoms with Gasteiger partial charge in [-0.25, -0.2) is 4.79 Å². The maximum atomic E-state index is 12.5. The lowest BCUT2D eigenvalue weighted by atomic mass is 9.72. The minimum atomic E-state index is -0.687. The first kappa shape index (κ1) is 20.7. The zero-order chi connectivity index (χ0) is 21.1. The highest BCUT2D eigenvalue weighted by atomic mass is 16.7. The van der Waals surface area contributed by atoms with Crippen LogP contribution >= 0.6 is 0 Å². The van der Waals surface area contributed by atoms with E-state index in [1.54, 1.807) is 30.3 Å². The van der Waals surface area contributed by atoms with Crippen molar-refractivity contribution in [3.05, 3.63) is 53.6 Å². The Hall–Kier alpha value is -2.57. The molecule has 160 valence electrons. The molecule has 0 radical (unpaired) electrons. The summed E-state index contributed by atoms with van der Waals surface area (Å²) in [4.78, 5) is 14.6. The average molecular weight is 411 g/mol. The molecule has 6 nitrogen and oxygen atoms in total. The van der Waals surface area contributed by atoms with Gasteiger partial charge in [-0.3, -0.25) is 0 Å². The van der Waals surface area contributed by atoms with Crippen LogP contribution in [0.25, 0.3) is 0 Å². The second-order valence-corrected chi connectivity index (χ2v) is 8.51. The van der Waals surface area contributed by atoms with Crippen LogP contribution in [0.1, 0.15) is 53.9 Å². The molecule has 2 aliphatic rings. The van der Waals surface area contributed by atoms with E-state index in [2.05, 4.69) is 4.90 Å². The summed E-state index contributed by atoms with van der Waals surface area (Å²) >= 11 is 0. The second-order valence-electron chi connectivity index (χ2n) is 8.51. The Labute approximate surface area is 177 Å². The Morgan fingerprint density at radius 3 is 2.47 bits per heavy atom. The molecular weight excluding hydrogens is 382 g/mol. The van der Waals surface area contributed by atoms with E-state index < -0.39 is 11.6 Å². The van der Waals surface area contributed by atoms with Crippen LogP contribution < -0.4 is 14.2 Å². The van der Waals surface area contributed by atoms with Gasteiger partial charge in [0, 0.05) is 12.5 Å². The molecule has 1 N–H and O–H groups in total. The van der Waals surface area contributed by atoms with Gasteiger partial charge in [0.2, 0.25) is 6.79 Å². The quantitative estimate of drug-likeness (QED) is 0.573. The molecule has 0 saturated heterocycles. The van der Waals surface area contributed by atoms with E-state index in [4.69, 9.17) is 14.2 Å². The molecule has 0 amide bonds. The molecule has 6 heteroatoms. The fourth-order valence-electron chi connectivity index (χ4n) is 4.42. The number of ether oxygens (including phenoxy) is 3. The molecule has 1 heterocycles. The summed E-state index contributed by atoms with van der Waals surface area (Å²) in [6.07, 6.45) is 4.96.